The topological polar surface area (TPSA) is 75.6 Å². The van der Waals surface area contributed by atoms with Crippen molar-refractivity contribution in [3.8, 4) is 0 Å². The van der Waals surface area contributed by atoms with Crippen molar-refractivity contribution in [2.24, 2.45) is 0 Å². The number of benzene rings is 1. The van der Waals surface area contributed by atoms with E-state index in [0.29, 0.717) is 17.6 Å². The molecular weight excluding hydrogens is 359 g/mol. The van der Waals surface area contributed by atoms with Crippen LogP contribution in [0.15, 0.2) is 42.6 Å². The molecule has 2 aromatic heterocycles. The molecular formula is C15H11ClF3N5O. The van der Waals surface area contributed by atoms with Crippen LogP contribution in [-0.2, 0) is 12.7 Å². The molecule has 0 saturated carbocycles. The van der Waals surface area contributed by atoms with Crippen molar-refractivity contribution in [3.05, 3.63) is 64.6 Å². The van der Waals surface area contributed by atoms with Gasteiger partial charge in [-0.1, -0.05) is 29.8 Å². The summed E-state index contributed by atoms with van der Waals surface area (Å²) < 4.78 is 39.1. The number of aromatic amines is 1. The number of alkyl halides is 3. The van der Waals surface area contributed by atoms with Gasteiger partial charge in [-0.2, -0.15) is 23.4 Å². The van der Waals surface area contributed by atoms with Crippen LogP contribution in [0, 0.1) is 0 Å². The maximum absolute atomic E-state index is 12.5. The SMILES string of the molecule is O=C(Nc1ccn(Cc2ccccc2Cl)n1)c1cc(C(F)(F)F)[nH]n1. The van der Waals surface area contributed by atoms with E-state index in [-0.39, 0.29) is 11.5 Å². The Hall–Kier alpha value is -2.81. The molecule has 1 aromatic carbocycles. The van der Waals surface area contributed by atoms with Crippen LogP contribution in [0.5, 0.6) is 0 Å². The summed E-state index contributed by atoms with van der Waals surface area (Å²) in [6.45, 7) is 0.385. The normalized spacial score (nSPS) is 11.5. The summed E-state index contributed by atoms with van der Waals surface area (Å²) in [7, 11) is 0. The molecule has 10 heteroatoms. The van der Waals surface area contributed by atoms with Gasteiger partial charge in [0.25, 0.3) is 5.91 Å². The third-order valence-corrected chi connectivity index (χ3v) is 3.66. The minimum absolute atomic E-state index is 0.189. The molecule has 0 bridgehead atoms. The maximum atomic E-state index is 12.5. The number of anilines is 1. The third-order valence-electron chi connectivity index (χ3n) is 3.29. The highest BCUT2D eigenvalue weighted by Gasteiger charge is 2.33. The first-order valence-corrected chi connectivity index (χ1v) is 7.41. The molecule has 0 spiro atoms. The Morgan fingerprint density at radius 3 is 2.72 bits per heavy atom. The van der Waals surface area contributed by atoms with E-state index in [9.17, 15) is 18.0 Å². The van der Waals surface area contributed by atoms with Crippen LogP contribution < -0.4 is 5.32 Å². The van der Waals surface area contributed by atoms with Gasteiger partial charge in [0, 0.05) is 23.4 Å². The second-order valence-corrected chi connectivity index (χ2v) is 5.52. The van der Waals surface area contributed by atoms with Crippen LogP contribution >= 0.6 is 11.6 Å². The van der Waals surface area contributed by atoms with E-state index >= 15 is 0 Å². The number of aromatic nitrogens is 4. The molecule has 3 rings (SSSR count). The maximum Gasteiger partial charge on any atom is 0.432 e. The van der Waals surface area contributed by atoms with Gasteiger partial charge in [-0.15, -0.1) is 0 Å². The van der Waals surface area contributed by atoms with Crippen LogP contribution in [-0.4, -0.2) is 25.9 Å². The minimum atomic E-state index is -4.60. The van der Waals surface area contributed by atoms with Gasteiger partial charge >= 0.3 is 6.18 Å². The first kappa shape index (κ1) is 17.0. The van der Waals surface area contributed by atoms with Crippen molar-refractivity contribution in [2.45, 2.75) is 12.7 Å². The van der Waals surface area contributed by atoms with E-state index in [1.54, 1.807) is 28.1 Å². The number of nitrogens with zero attached hydrogens (tertiary/aromatic N) is 3. The number of halogens is 4. The number of hydrogen-bond donors (Lipinski definition) is 2. The zero-order valence-corrected chi connectivity index (χ0v) is 13.3. The summed E-state index contributed by atoms with van der Waals surface area (Å²) in [4.78, 5) is 11.9. The molecule has 0 saturated heterocycles. The smallest absolute Gasteiger partial charge is 0.304 e. The minimum Gasteiger partial charge on any atom is -0.304 e. The Morgan fingerprint density at radius 2 is 2.04 bits per heavy atom. The zero-order valence-electron chi connectivity index (χ0n) is 12.5. The average molecular weight is 370 g/mol. The van der Waals surface area contributed by atoms with E-state index in [4.69, 9.17) is 11.6 Å². The summed E-state index contributed by atoms with van der Waals surface area (Å²) in [6.07, 6.45) is -2.98. The van der Waals surface area contributed by atoms with Crippen LogP contribution in [0.1, 0.15) is 21.7 Å². The average Bonchev–Trinajstić information content (AvgIpc) is 3.18. The van der Waals surface area contributed by atoms with Crippen molar-refractivity contribution in [3.63, 3.8) is 0 Å². The number of rotatable bonds is 4. The van der Waals surface area contributed by atoms with E-state index in [1.807, 2.05) is 12.1 Å². The van der Waals surface area contributed by atoms with Gasteiger partial charge in [-0.3, -0.25) is 14.6 Å². The predicted octanol–water partition coefficient (Wildman–Crippen LogP) is 3.58. The molecule has 0 fully saturated rings. The molecule has 6 nitrogen and oxygen atoms in total. The molecule has 0 aliphatic carbocycles. The number of nitrogens with one attached hydrogen (secondary N) is 2. The number of amides is 1. The van der Waals surface area contributed by atoms with E-state index in [0.717, 1.165) is 5.56 Å². The van der Waals surface area contributed by atoms with Crippen molar-refractivity contribution in [1.82, 2.24) is 20.0 Å². The summed E-state index contributed by atoms with van der Waals surface area (Å²) in [5.41, 5.74) is -0.637. The Kier molecular flexibility index (Phi) is 4.49. The summed E-state index contributed by atoms with van der Waals surface area (Å²) in [6, 6.07) is 9.38. The van der Waals surface area contributed by atoms with E-state index < -0.39 is 17.8 Å². The molecule has 0 aliphatic rings. The molecule has 25 heavy (non-hydrogen) atoms. The van der Waals surface area contributed by atoms with Crippen molar-refractivity contribution >= 4 is 23.3 Å². The van der Waals surface area contributed by atoms with Gasteiger partial charge in [-0.05, 0) is 11.6 Å². The van der Waals surface area contributed by atoms with Gasteiger partial charge in [0.05, 0.1) is 6.54 Å². The quantitative estimate of drug-likeness (QED) is 0.738. The molecule has 0 aliphatic heterocycles. The number of carbonyl (C=O) groups is 1. The number of hydrogen-bond acceptors (Lipinski definition) is 3. The van der Waals surface area contributed by atoms with Crippen LogP contribution in [0.25, 0.3) is 0 Å². The van der Waals surface area contributed by atoms with E-state index in [2.05, 4.69) is 15.5 Å². The summed E-state index contributed by atoms with van der Waals surface area (Å²) in [5.74, 6) is -0.608. The van der Waals surface area contributed by atoms with Gasteiger partial charge in [0.2, 0.25) is 0 Å². The lowest BCUT2D eigenvalue weighted by molar-refractivity contribution is -0.141. The lowest BCUT2D eigenvalue weighted by Gasteiger charge is -2.04. The van der Waals surface area contributed by atoms with Crippen molar-refractivity contribution < 1.29 is 18.0 Å². The fourth-order valence-corrected chi connectivity index (χ4v) is 2.28. The fraction of sp³-hybridized carbons (Fsp3) is 0.133. The summed E-state index contributed by atoms with van der Waals surface area (Å²) in [5, 5.41) is 12.2. The van der Waals surface area contributed by atoms with E-state index in [1.165, 1.54) is 6.07 Å². The van der Waals surface area contributed by atoms with Crippen LogP contribution in [0.2, 0.25) is 5.02 Å². The van der Waals surface area contributed by atoms with Gasteiger partial charge in [-0.25, -0.2) is 0 Å². The molecule has 2 heterocycles. The first-order valence-electron chi connectivity index (χ1n) is 7.04. The van der Waals surface area contributed by atoms with Crippen molar-refractivity contribution in [2.75, 3.05) is 5.32 Å². The third kappa shape index (κ3) is 4.00. The number of H-pyrrole nitrogens is 1. The second kappa shape index (κ2) is 6.60. The molecule has 1 amide bonds. The Morgan fingerprint density at radius 1 is 1.28 bits per heavy atom. The molecule has 3 aromatic rings. The molecule has 2 N–H and O–H groups in total. The van der Waals surface area contributed by atoms with Gasteiger partial charge in [0.15, 0.2) is 11.5 Å². The highest BCUT2D eigenvalue weighted by molar-refractivity contribution is 6.31. The monoisotopic (exact) mass is 369 g/mol. The zero-order chi connectivity index (χ0) is 18.0. The Bertz CT molecular complexity index is 902. The lowest BCUT2D eigenvalue weighted by atomic mass is 10.2. The predicted molar refractivity (Wildman–Crippen MR) is 84.3 cm³/mol. The molecule has 130 valence electrons. The van der Waals surface area contributed by atoms with Crippen LogP contribution in [0.3, 0.4) is 0 Å². The van der Waals surface area contributed by atoms with Crippen molar-refractivity contribution in [1.29, 1.82) is 0 Å². The Labute approximate surface area is 144 Å². The number of carbonyl (C=O) groups excluding carboxylic acids is 1. The van der Waals surface area contributed by atoms with Gasteiger partial charge in [0.1, 0.15) is 5.69 Å². The molecule has 0 atom stereocenters. The lowest BCUT2D eigenvalue weighted by Crippen LogP contribution is -2.13. The Balaban J connectivity index is 1.68. The first-order chi connectivity index (χ1) is 11.8. The van der Waals surface area contributed by atoms with Crippen LogP contribution in [0.4, 0.5) is 19.0 Å². The molecule has 0 radical (unpaired) electrons. The molecule has 0 unspecified atom stereocenters. The largest absolute Gasteiger partial charge is 0.432 e. The standard InChI is InChI=1S/C15H11ClF3N5O/c16-10-4-2-1-3-9(10)8-24-6-5-13(23-24)20-14(25)11-7-12(22-21-11)15(17,18)19/h1-7H,8H2,(H,21,22)(H,20,23,25). The second-order valence-electron chi connectivity index (χ2n) is 5.11. The summed E-state index contributed by atoms with van der Waals surface area (Å²) >= 11 is 6.07. The van der Waals surface area contributed by atoms with Gasteiger partial charge < -0.3 is 5.32 Å². The highest BCUT2D eigenvalue weighted by Crippen LogP contribution is 2.27. The fourth-order valence-electron chi connectivity index (χ4n) is 2.08. The highest BCUT2D eigenvalue weighted by atomic mass is 35.5.